The number of hydrogen-bond donors (Lipinski definition) is 1. The van der Waals surface area contributed by atoms with Crippen LogP contribution < -0.4 is 5.32 Å². The molecule has 0 bridgehead atoms. The molecular weight excluding hydrogens is 330 g/mol. The van der Waals surface area contributed by atoms with Gasteiger partial charge in [0, 0.05) is 42.8 Å². The van der Waals surface area contributed by atoms with Crippen LogP contribution in [0.2, 0.25) is 0 Å². The molecule has 21 heavy (non-hydrogen) atoms. The van der Waals surface area contributed by atoms with Crippen LogP contribution in [-0.2, 0) is 0 Å². The number of benzene rings is 1. The zero-order chi connectivity index (χ0) is 15.2. The van der Waals surface area contributed by atoms with E-state index in [4.69, 9.17) is 0 Å². The summed E-state index contributed by atoms with van der Waals surface area (Å²) in [7, 11) is 2.16. The number of piperazine rings is 1. The molecule has 0 atom stereocenters. The van der Waals surface area contributed by atoms with Crippen LogP contribution in [0.25, 0.3) is 0 Å². The Morgan fingerprint density at radius 1 is 1.29 bits per heavy atom. The van der Waals surface area contributed by atoms with Crippen molar-refractivity contribution < 1.29 is 4.79 Å². The maximum Gasteiger partial charge on any atom is 0.251 e. The van der Waals surface area contributed by atoms with E-state index in [1.165, 1.54) is 0 Å². The Morgan fingerprint density at radius 2 is 2.00 bits per heavy atom. The average Bonchev–Trinajstić information content (AvgIpc) is 2.48. The molecular formula is C16H24BrN3O. The summed E-state index contributed by atoms with van der Waals surface area (Å²) in [5, 5.41) is 3.00. The van der Waals surface area contributed by atoms with Gasteiger partial charge in [0.1, 0.15) is 0 Å². The number of hydrogen-bond acceptors (Lipinski definition) is 3. The number of likely N-dealkylation sites (N-methyl/N-ethyl adjacent to an activating group) is 1. The molecule has 116 valence electrons. The van der Waals surface area contributed by atoms with E-state index in [1.807, 2.05) is 25.1 Å². The van der Waals surface area contributed by atoms with E-state index >= 15 is 0 Å². The third kappa shape index (κ3) is 5.09. The van der Waals surface area contributed by atoms with E-state index in [1.54, 1.807) is 0 Å². The Balaban J connectivity index is 1.68. The molecule has 0 aliphatic carbocycles. The van der Waals surface area contributed by atoms with Crippen LogP contribution in [0.4, 0.5) is 0 Å². The minimum absolute atomic E-state index is 0.00841. The van der Waals surface area contributed by atoms with Crippen LogP contribution in [0.3, 0.4) is 0 Å². The molecule has 1 aromatic carbocycles. The van der Waals surface area contributed by atoms with Crippen molar-refractivity contribution in [2.24, 2.45) is 0 Å². The second-order valence-electron chi connectivity index (χ2n) is 5.72. The van der Waals surface area contributed by atoms with Gasteiger partial charge in [0.05, 0.1) is 0 Å². The summed E-state index contributed by atoms with van der Waals surface area (Å²) in [5.41, 5.74) is 1.86. The lowest BCUT2D eigenvalue weighted by atomic mass is 10.1. The Bertz CT molecular complexity index is 484. The molecule has 1 N–H and O–H groups in total. The van der Waals surface area contributed by atoms with Gasteiger partial charge in [-0.05, 0) is 44.6 Å². The lowest BCUT2D eigenvalue weighted by Crippen LogP contribution is -2.45. The second-order valence-corrected chi connectivity index (χ2v) is 6.57. The van der Waals surface area contributed by atoms with Gasteiger partial charge in [0.15, 0.2) is 0 Å². The van der Waals surface area contributed by atoms with Crippen molar-refractivity contribution in [1.82, 2.24) is 15.1 Å². The van der Waals surface area contributed by atoms with Crippen LogP contribution in [0.15, 0.2) is 22.7 Å². The molecule has 1 fully saturated rings. The molecule has 1 aliphatic rings. The molecule has 0 unspecified atom stereocenters. The average molecular weight is 354 g/mol. The molecule has 0 radical (unpaired) electrons. The minimum Gasteiger partial charge on any atom is -0.352 e. The molecule has 4 nitrogen and oxygen atoms in total. The number of halogens is 1. The standard InChI is InChI=1S/C16H24BrN3O/c1-13-4-5-14(12-15(13)17)16(21)18-6-3-7-20-10-8-19(2)9-11-20/h4-5,12H,3,6-11H2,1-2H3,(H,18,21). The zero-order valence-electron chi connectivity index (χ0n) is 12.9. The van der Waals surface area contributed by atoms with E-state index in [0.717, 1.165) is 55.7 Å². The van der Waals surface area contributed by atoms with Crippen molar-refractivity contribution in [2.75, 3.05) is 46.3 Å². The number of aryl methyl sites for hydroxylation is 1. The fourth-order valence-electron chi connectivity index (χ4n) is 2.41. The van der Waals surface area contributed by atoms with Crippen molar-refractivity contribution in [3.8, 4) is 0 Å². The summed E-state index contributed by atoms with van der Waals surface area (Å²) in [4.78, 5) is 16.9. The third-order valence-corrected chi connectivity index (χ3v) is 4.82. The van der Waals surface area contributed by atoms with Gasteiger partial charge >= 0.3 is 0 Å². The quantitative estimate of drug-likeness (QED) is 0.823. The van der Waals surface area contributed by atoms with Crippen LogP contribution in [-0.4, -0.2) is 62.0 Å². The number of rotatable bonds is 5. The first-order valence-electron chi connectivity index (χ1n) is 7.51. The zero-order valence-corrected chi connectivity index (χ0v) is 14.4. The van der Waals surface area contributed by atoms with Crippen LogP contribution >= 0.6 is 15.9 Å². The highest BCUT2D eigenvalue weighted by Gasteiger charge is 2.13. The Hall–Kier alpha value is -0.910. The predicted octanol–water partition coefficient (Wildman–Crippen LogP) is 2.12. The summed E-state index contributed by atoms with van der Waals surface area (Å²) in [5.74, 6) is 0.00841. The summed E-state index contributed by atoms with van der Waals surface area (Å²) in [6.45, 7) is 8.36. The number of carbonyl (C=O) groups is 1. The molecule has 1 amide bonds. The smallest absolute Gasteiger partial charge is 0.251 e. The van der Waals surface area contributed by atoms with Crippen molar-refractivity contribution in [2.45, 2.75) is 13.3 Å². The highest BCUT2D eigenvalue weighted by Crippen LogP contribution is 2.17. The second kappa shape index (κ2) is 7.92. The summed E-state index contributed by atoms with van der Waals surface area (Å²) >= 11 is 3.46. The highest BCUT2D eigenvalue weighted by molar-refractivity contribution is 9.10. The number of nitrogens with one attached hydrogen (secondary N) is 1. The van der Waals surface area contributed by atoms with E-state index in [-0.39, 0.29) is 5.91 Å². The van der Waals surface area contributed by atoms with Gasteiger partial charge in [0.2, 0.25) is 0 Å². The Kier molecular flexibility index (Phi) is 6.21. The van der Waals surface area contributed by atoms with Crippen molar-refractivity contribution in [3.05, 3.63) is 33.8 Å². The maximum atomic E-state index is 12.1. The van der Waals surface area contributed by atoms with Gasteiger partial charge in [-0.2, -0.15) is 0 Å². The van der Waals surface area contributed by atoms with Gasteiger partial charge in [-0.1, -0.05) is 22.0 Å². The molecule has 1 saturated heterocycles. The number of amides is 1. The molecule has 1 heterocycles. The SMILES string of the molecule is Cc1ccc(C(=O)NCCCN2CCN(C)CC2)cc1Br. The lowest BCUT2D eigenvalue weighted by molar-refractivity contribution is 0.0949. The van der Waals surface area contributed by atoms with Gasteiger partial charge in [-0.15, -0.1) is 0 Å². The minimum atomic E-state index is 0.00841. The topological polar surface area (TPSA) is 35.6 Å². The van der Waals surface area contributed by atoms with Gasteiger partial charge in [0.25, 0.3) is 5.91 Å². The molecule has 0 saturated carbocycles. The molecule has 5 heteroatoms. The fraction of sp³-hybridized carbons (Fsp3) is 0.562. The van der Waals surface area contributed by atoms with Crippen molar-refractivity contribution in [1.29, 1.82) is 0 Å². The van der Waals surface area contributed by atoms with Crippen molar-refractivity contribution in [3.63, 3.8) is 0 Å². The molecule has 0 spiro atoms. The largest absolute Gasteiger partial charge is 0.352 e. The summed E-state index contributed by atoms with van der Waals surface area (Å²) < 4.78 is 0.979. The maximum absolute atomic E-state index is 12.1. The number of carbonyl (C=O) groups excluding carboxylic acids is 1. The lowest BCUT2D eigenvalue weighted by Gasteiger charge is -2.32. The monoisotopic (exact) mass is 353 g/mol. The van der Waals surface area contributed by atoms with Crippen LogP contribution in [0, 0.1) is 6.92 Å². The summed E-state index contributed by atoms with van der Waals surface area (Å²) in [6.07, 6.45) is 1.00. The predicted molar refractivity (Wildman–Crippen MR) is 89.8 cm³/mol. The normalized spacial score (nSPS) is 16.9. The first-order chi connectivity index (χ1) is 10.1. The van der Waals surface area contributed by atoms with Crippen molar-refractivity contribution >= 4 is 21.8 Å². The first-order valence-corrected chi connectivity index (χ1v) is 8.31. The van der Waals surface area contributed by atoms with E-state index < -0.39 is 0 Å². The first kappa shape index (κ1) is 16.5. The molecule has 1 aromatic rings. The Morgan fingerprint density at radius 3 is 2.67 bits per heavy atom. The molecule has 0 aromatic heterocycles. The third-order valence-electron chi connectivity index (χ3n) is 3.97. The van der Waals surface area contributed by atoms with Crippen LogP contribution in [0.1, 0.15) is 22.3 Å². The van der Waals surface area contributed by atoms with E-state index in [2.05, 4.69) is 38.1 Å². The van der Waals surface area contributed by atoms with Gasteiger partial charge < -0.3 is 15.1 Å². The molecule has 2 rings (SSSR count). The highest BCUT2D eigenvalue weighted by atomic mass is 79.9. The fourth-order valence-corrected chi connectivity index (χ4v) is 2.79. The number of nitrogens with zero attached hydrogens (tertiary/aromatic N) is 2. The van der Waals surface area contributed by atoms with Gasteiger partial charge in [-0.3, -0.25) is 4.79 Å². The van der Waals surface area contributed by atoms with E-state index in [9.17, 15) is 4.79 Å². The van der Waals surface area contributed by atoms with Gasteiger partial charge in [-0.25, -0.2) is 0 Å². The summed E-state index contributed by atoms with van der Waals surface area (Å²) in [6, 6.07) is 5.71. The molecule has 1 aliphatic heterocycles. The van der Waals surface area contributed by atoms with E-state index in [0.29, 0.717) is 5.56 Å². The van der Waals surface area contributed by atoms with Crippen LogP contribution in [0.5, 0.6) is 0 Å². The Labute approximate surface area is 135 Å².